The molecular formula is C24H30FN3O5. The first-order chi connectivity index (χ1) is 15.6. The molecular weight excluding hydrogens is 429 g/mol. The number of hydrogen-bond acceptors (Lipinski definition) is 6. The maximum Gasteiger partial charge on any atom is 0.407 e. The number of carbonyl (C=O) groups is 3. The highest BCUT2D eigenvalue weighted by molar-refractivity contribution is 5.92. The number of hydrogen-bond donors (Lipinski definition) is 1. The minimum Gasteiger partial charge on any atom is -0.472 e. The fourth-order valence-electron chi connectivity index (χ4n) is 3.96. The van der Waals surface area contributed by atoms with Crippen molar-refractivity contribution < 1.29 is 28.2 Å². The Kier molecular flexibility index (Phi) is 7.50. The quantitative estimate of drug-likeness (QED) is 0.682. The molecule has 0 unspecified atom stereocenters. The highest BCUT2D eigenvalue weighted by Gasteiger charge is 2.44. The number of carbonyl (C=O) groups excluding carboxylic acids is 3. The monoisotopic (exact) mass is 459 g/mol. The van der Waals surface area contributed by atoms with Crippen molar-refractivity contribution in [1.82, 2.24) is 15.2 Å². The average molecular weight is 460 g/mol. The van der Waals surface area contributed by atoms with Gasteiger partial charge in [0.1, 0.15) is 25.4 Å². The third-order valence-corrected chi connectivity index (χ3v) is 5.62. The highest BCUT2D eigenvalue weighted by atomic mass is 19.1. The van der Waals surface area contributed by atoms with Crippen molar-refractivity contribution in [2.24, 2.45) is 5.41 Å². The fourth-order valence-corrected chi connectivity index (χ4v) is 3.96. The summed E-state index contributed by atoms with van der Waals surface area (Å²) in [5.41, 5.74) is -0.677. The zero-order valence-electron chi connectivity index (χ0n) is 19.3. The Bertz CT molecular complexity index is 1020. The summed E-state index contributed by atoms with van der Waals surface area (Å²) in [6.07, 6.45) is 0.642. The molecule has 0 spiro atoms. The molecule has 2 amide bonds. The summed E-state index contributed by atoms with van der Waals surface area (Å²) in [6.45, 7) is 5.75. The van der Waals surface area contributed by atoms with Gasteiger partial charge in [-0.1, -0.05) is 39.0 Å². The van der Waals surface area contributed by atoms with Gasteiger partial charge in [0.05, 0.1) is 12.6 Å². The van der Waals surface area contributed by atoms with Crippen LogP contribution in [0.2, 0.25) is 0 Å². The van der Waals surface area contributed by atoms with Crippen molar-refractivity contribution in [1.29, 1.82) is 0 Å². The summed E-state index contributed by atoms with van der Waals surface area (Å²) in [6, 6.07) is 7.89. The third kappa shape index (κ3) is 5.77. The Labute approximate surface area is 192 Å². The Morgan fingerprint density at radius 2 is 1.97 bits per heavy atom. The Morgan fingerprint density at radius 3 is 2.64 bits per heavy atom. The number of amides is 2. The molecule has 1 saturated heterocycles. The largest absolute Gasteiger partial charge is 0.472 e. The molecule has 0 aliphatic carbocycles. The molecule has 9 heteroatoms. The van der Waals surface area contributed by atoms with E-state index in [1.807, 2.05) is 30.3 Å². The predicted octanol–water partition coefficient (Wildman–Crippen LogP) is 3.28. The first-order valence-electron chi connectivity index (χ1n) is 10.9. The molecule has 0 radical (unpaired) electrons. The van der Waals surface area contributed by atoms with Crippen molar-refractivity contribution in [3.63, 3.8) is 0 Å². The van der Waals surface area contributed by atoms with Gasteiger partial charge in [0, 0.05) is 18.0 Å². The van der Waals surface area contributed by atoms with Gasteiger partial charge < -0.3 is 19.7 Å². The molecule has 2 aromatic rings. The van der Waals surface area contributed by atoms with E-state index in [0.29, 0.717) is 12.3 Å². The molecule has 1 aliphatic heterocycles. The molecule has 0 saturated carbocycles. The number of Topliss-reactive ketones (excluding diaryl/α,β-unsaturated/α-hetero) is 1. The van der Waals surface area contributed by atoms with Gasteiger partial charge in [-0.15, -0.1) is 0 Å². The zero-order valence-corrected chi connectivity index (χ0v) is 19.3. The number of alkyl halides is 1. The molecule has 1 aromatic carbocycles. The lowest BCUT2D eigenvalue weighted by Crippen LogP contribution is -2.56. The van der Waals surface area contributed by atoms with Gasteiger partial charge in [-0.3, -0.25) is 9.59 Å². The zero-order chi connectivity index (χ0) is 24.2. The number of ketones is 1. The van der Waals surface area contributed by atoms with Gasteiger partial charge in [-0.25, -0.2) is 14.2 Å². The Morgan fingerprint density at radius 1 is 1.24 bits per heavy atom. The number of alkyl carbamates (subject to hydrolysis) is 1. The van der Waals surface area contributed by atoms with E-state index in [4.69, 9.17) is 9.47 Å². The second-order valence-electron chi connectivity index (χ2n) is 9.20. The van der Waals surface area contributed by atoms with Gasteiger partial charge in [0.2, 0.25) is 11.8 Å². The summed E-state index contributed by atoms with van der Waals surface area (Å²) in [5.74, 6) is -0.153. The number of pyridine rings is 1. The molecule has 3 rings (SSSR count). The standard InChI is InChI=1S/C24H30FN3O5/c1-15(29)19-13-17(33-21-18-8-6-5-7-16(18)9-11-26-21)14-28(19)22(30)20(24(2,3)4)27-23(31)32-12-10-25/h5-9,11,17,19-20H,10,12-14H2,1-4H3,(H,27,31)/t17-,19+,20-/m1/s1. The van der Waals surface area contributed by atoms with Crippen LogP contribution in [0.3, 0.4) is 0 Å². The number of ether oxygens (including phenoxy) is 2. The fraction of sp³-hybridized carbons (Fsp3) is 0.500. The van der Waals surface area contributed by atoms with E-state index < -0.39 is 48.9 Å². The van der Waals surface area contributed by atoms with E-state index in [0.717, 1.165) is 10.8 Å². The highest BCUT2D eigenvalue weighted by Crippen LogP contribution is 2.30. The van der Waals surface area contributed by atoms with Gasteiger partial charge in [-0.2, -0.15) is 0 Å². The number of likely N-dealkylation sites (tertiary alicyclic amines) is 1. The second-order valence-corrected chi connectivity index (χ2v) is 9.20. The third-order valence-electron chi connectivity index (χ3n) is 5.62. The lowest BCUT2D eigenvalue weighted by Gasteiger charge is -2.34. The number of halogens is 1. The molecule has 1 fully saturated rings. The minimum atomic E-state index is -0.971. The van der Waals surface area contributed by atoms with E-state index in [1.54, 1.807) is 27.0 Å². The summed E-state index contributed by atoms with van der Waals surface area (Å²) >= 11 is 0. The van der Waals surface area contributed by atoms with Crippen LogP contribution in [0.15, 0.2) is 36.5 Å². The van der Waals surface area contributed by atoms with Crippen LogP contribution in [0.25, 0.3) is 10.8 Å². The van der Waals surface area contributed by atoms with Crippen molar-refractivity contribution in [3.8, 4) is 5.88 Å². The molecule has 1 aromatic heterocycles. The maximum atomic E-state index is 13.5. The van der Waals surface area contributed by atoms with Crippen LogP contribution in [0, 0.1) is 5.41 Å². The van der Waals surface area contributed by atoms with Crippen molar-refractivity contribution >= 4 is 28.6 Å². The normalized spacial score (nSPS) is 19.2. The summed E-state index contributed by atoms with van der Waals surface area (Å²) < 4.78 is 23.2. The van der Waals surface area contributed by atoms with Crippen LogP contribution in [0.1, 0.15) is 34.1 Å². The first kappa shape index (κ1) is 24.4. The van der Waals surface area contributed by atoms with Crippen LogP contribution >= 0.6 is 0 Å². The average Bonchev–Trinajstić information content (AvgIpc) is 3.19. The molecule has 2 heterocycles. The molecule has 1 aliphatic rings. The predicted molar refractivity (Wildman–Crippen MR) is 121 cm³/mol. The van der Waals surface area contributed by atoms with Gasteiger partial charge >= 0.3 is 6.09 Å². The van der Waals surface area contributed by atoms with Crippen molar-refractivity contribution in [3.05, 3.63) is 36.5 Å². The van der Waals surface area contributed by atoms with Gasteiger partial charge in [0.25, 0.3) is 0 Å². The SMILES string of the molecule is CC(=O)[C@@H]1C[C@@H](Oc2nccc3ccccc23)CN1C(=O)[C@@H](NC(=O)OCCF)C(C)(C)C. The lowest BCUT2D eigenvalue weighted by molar-refractivity contribution is -0.140. The summed E-state index contributed by atoms with van der Waals surface area (Å²) in [5, 5.41) is 4.35. The van der Waals surface area contributed by atoms with Crippen molar-refractivity contribution in [2.45, 2.75) is 52.3 Å². The lowest BCUT2D eigenvalue weighted by atomic mass is 9.85. The Hall–Kier alpha value is -3.23. The Balaban J connectivity index is 1.81. The van der Waals surface area contributed by atoms with E-state index in [1.165, 1.54) is 11.8 Å². The molecule has 178 valence electrons. The minimum absolute atomic E-state index is 0.168. The topological polar surface area (TPSA) is 97.8 Å². The summed E-state index contributed by atoms with van der Waals surface area (Å²) in [4.78, 5) is 43.7. The van der Waals surface area contributed by atoms with Gasteiger partial charge in [0.15, 0.2) is 5.78 Å². The molecule has 1 N–H and O–H groups in total. The number of fused-ring (bicyclic) bond motifs is 1. The number of nitrogens with one attached hydrogen (secondary N) is 1. The molecule has 33 heavy (non-hydrogen) atoms. The van der Waals surface area contributed by atoms with Crippen LogP contribution in [0.4, 0.5) is 9.18 Å². The molecule has 3 atom stereocenters. The van der Waals surface area contributed by atoms with Crippen LogP contribution in [-0.2, 0) is 14.3 Å². The van der Waals surface area contributed by atoms with Crippen LogP contribution < -0.4 is 10.1 Å². The van der Waals surface area contributed by atoms with Crippen LogP contribution in [-0.4, -0.2) is 65.7 Å². The van der Waals surface area contributed by atoms with E-state index >= 15 is 0 Å². The van der Waals surface area contributed by atoms with E-state index in [2.05, 4.69) is 10.3 Å². The number of rotatable bonds is 7. The van der Waals surface area contributed by atoms with Crippen LogP contribution in [0.5, 0.6) is 5.88 Å². The number of nitrogens with zero attached hydrogens (tertiary/aromatic N) is 2. The van der Waals surface area contributed by atoms with E-state index in [9.17, 15) is 18.8 Å². The second kappa shape index (κ2) is 10.1. The van der Waals surface area contributed by atoms with Crippen molar-refractivity contribution in [2.75, 3.05) is 19.8 Å². The first-order valence-corrected chi connectivity index (χ1v) is 10.9. The number of benzene rings is 1. The maximum absolute atomic E-state index is 13.5. The molecule has 8 nitrogen and oxygen atoms in total. The van der Waals surface area contributed by atoms with E-state index in [-0.39, 0.29) is 12.3 Å². The smallest absolute Gasteiger partial charge is 0.407 e. The number of aromatic nitrogens is 1. The molecule has 0 bridgehead atoms. The summed E-state index contributed by atoms with van der Waals surface area (Å²) in [7, 11) is 0. The van der Waals surface area contributed by atoms with Gasteiger partial charge in [-0.05, 0) is 29.9 Å².